The van der Waals surface area contributed by atoms with Gasteiger partial charge in [-0.2, -0.15) is 53.1 Å². The number of alkyl halides is 6. The largest absolute Gasteiger partial charge is 0.534 e. The van der Waals surface area contributed by atoms with Crippen LogP contribution < -0.4 is 14.1 Å². The molecule has 0 aliphatic rings. The first-order valence-corrected chi connectivity index (χ1v) is 7.40. The van der Waals surface area contributed by atoms with Gasteiger partial charge in [0.05, 0.1) is 0 Å². The zero-order valence-corrected chi connectivity index (χ0v) is 11.6. The molecule has 23 heavy (non-hydrogen) atoms. The molecule has 0 unspecified atom stereocenters. The lowest BCUT2D eigenvalue weighted by Crippen LogP contribution is -2.30. The average molecular weight is 392 g/mol. The minimum atomic E-state index is -6.29. The van der Waals surface area contributed by atoms with Crippen molar-refractivity contribution in [3.63, 3.8) is 0 Å². The molecule has 0 atom stereocenters. The average Bonchev–Trinajstić information content (AvgIpc) is 2.22. The van der Waals surface area contributed by atoms with Crippen molar-refractivity contribution >= 4 is 26.2 Å². The summed E-state index contributed by atoms with van der Waals surface area (Å²) in [6.45, 7) is 0. The van der Waals surface area contributed by atoms with Crippen LogP contribution in [-0.4, -0.2) is 42.8 Å². The van der Waals surface area contributed by atoms with Gasteiger partial charge in [-0.15, -0.1) is 4.98 Å². The first kappa shape index (κ1) is 18.9. The van der Waals surface area contributed by atoms with Crippen LogP contribution in [0.25, 0.3) is 0 Å². The van der Waals surface area contributed by atoms with Crippen LogP contribution in [0.1, 0.15) is 0 Å². The topological polar surface area (TPSA) is 151 Å². The number of nitrogen functional groups attached to an aromatic ring is 1. The lowest BCUT2D eigenvalue weighted by atomic mass is 10.9. The van der Waals surface area contributed by atoms with Crippen molar-refractivity contribution in [1.29, 1.82) is 0 Å². The molecule has 0 spiro atoms. The van der Waals surface area contributed by atoms with Gasteiger partial charge in [0.15, 0.2) is 0 Å². The normalized spacial score (nSPS) is 13.7. The fourth-order valence-corrected chi connectivity index (χ4v) is 1.45. The van der Waals surface area contributed by atoms with Gasteiger partial charge in [0.2, 0.25) is 5.95 Å². The maximum Gasteiger partial charge on any atom is 0.534 e. The van der Waals surface area contributed by atoms with E-state index >= 15 is 0 Å². The highest BCUT2D eigenvalue weighted by atomic mass is 32.2. The Hall–Kier alpha value is -2.11. The Morgan fingerprint density at radius 3 is 1.30 bits per heavy atom. The summed E-state index contributed by atoms with van der Waals surface area (Å²) in [5.74, 6) is -1.18. The lowest BCUT2D eigenvalue weighted by Gasteiger charge is -2.10. The molecule has 2 N–H and O–H groups in total. The van der Waals surface area contributed by atoms with E-state index in [0.29, 0.717) is 0 Å². The second kappa shape index (κ2) is 5.51. The first-order chi connectivity index (χ1) is 10.1. The Morgan fingerprint density at radius 2 is 1.04 bits per heavy atom. The van der Waals surface area contributed by atoms with Crippen LogP contribution in [0.15, 0.2) is 0 Å². The molecule has 0 saturated carbocycles. The fraction of sp³-hybridized carbons (Fsp3) is 0.400. The van der Waals surface area contributed by atoms with Crippen molar-refractivity contribution in [1.82, 2.24) is 15.0 Å². The van der Waals surface area contributed by atoms with Crippen LogP contribution in [0.4, 0.5) is 32.3 Å². The maximum atomic E-state index is 12.1. The molecule has 18 heteroatoms. The van der Waals surface area contributed by atoms with E-state index in [1.165, 1.54) is 0 Å². The third kappa shape index (κ3) is 4.43. The van der Waals surface area contributed by atoms with E-state index in [-0.39, 0.29) is 0 Å². The van der Waals surface area contributed by atoms with Crippen molar-refractivity contribution < 1.29 is 51.5 Å². The summed E-state index contributed by atoms with van der Waals surface area (Å²) >= 11 is 0. The molecule has 1 aromatic heterocycles. The molecule has 10 nitrogen and oxygen atoms in total. The van der Waals surface area contributed by atoms with E-state index in [9.17, 15) is 43.2 Å². The Morgan fingerprint density at radius 1 is 0.739 bits per heavy atom. The van der Waals surface area contributed by atoms with Crippen LogP contribution in [0.5, 0.6) is 12.0 Å². The van der Waals surface area contributed by atoms with E-state index < -0.39 is 49.2 Å². The number of hydrogen-bond donors (Lipinski definition) is 1. The van der Waals surface area contributed by atoms with Gasteiger partial charge in [-0.1, -0.05) is 0 Å². The number of halogens is 6. The predicted octanol–water partition coefficient (Wildman–Crippen LogP) is -0.0894. The molecule has 0 bridgehead atoms. The molecule has 1 rings (SSSR count). The SMILES string of the molecule is Nc1nc(OS(=O)(=O)C(F)(F)F)nc(OS(=O)(=O)C(F)(F)F)n1. The second-order valence-corrected chi connectivity index (χ2v) is 6.30. The molecular formula is C5H2F6N4O6S2. The summed E-state index contributed by atoms with van der Waals surface area (Å²) in [7, 11) is -12.6. The summed E-state index contributed by atoms with van der Waals surface area (Å²) < 4.78 is 122. The van der Waals surface area contributed by atoms with Crippen molar-refractivity contribution in [2.24, 2.45) is 0 Å². The second-order valence-electron chi connectivity index (χ2n) is 3.23. The molecule has 0 fully saturated rings. The van der Waals surface area contributed by atoms with Gasteiger partial charge < -0.3 is 14.1 Å². The third-order valence-electron chi connectivity index (χ3n) is 1.55. The molecule has 0 amide bonds. The lowest BCUT2D eigenvalue weighted by molar-refractivity contribution is -0.0503. The molecule has 0 saturated heterocycles. The molecule has 0 aromatic carbocycles. The van der Waals surface area contributed by atoms with Crippen LogP contribution in [0.3, 0.4) is 0 Å². The summed E-state index contributed by atoms with van der Waals surface area (Å²) in [5.41, 5.74) is -7.01. The van der Waals surface area contributed by atoms with Gasteiger partial charge in [-0.25, -0.2) is 0 Å². The van der Waals surface area contributed by atoms with E-state index in [1.54, 1.807) is 0 Å². The minimum absolute atomic E-state index is 1.18. The van der Waals surface area contributed by atoms with Crippen molar-refractivity contribution in [3.8, 4) is 12.0 Å². The predicted molar refractivity (Wildman–Crippen MR) is 55.4 cm³/mol. The monoisotopic (exact) mass is 392 g/mol. The summed E-state index contributed by atoms with van der Waals surface area (Å²) in [6, 6.07) is -3.52. The number of nitrogens with zero attached hydrogens (tertiary/aromatic N) is 3. The van der Waals surface area contributed by atoms with Crippen molar-refractivity contribution in [2.45, 2.75) is 11.0 Å². The first-order valence-electron chi connectivity index (χ1n) is 4.58. The molecule has 0 aliphatic carbocycles. The van der Waals surface area contributed by atoms with Crippen LogP contribution in [0, 0.1) is 0 Å². The number of aromatic nitrogens is 3. The smallest absolute Gasteiger partial charge is 0.368 e. The Labute approximate surface area is 122 Å². The van der Waals surface area contributed by atoms with Crippen molar-refractivity contribution in [2.75, 3.05) is 5.73 Å². The van der Waals surface area contributed by atoms with Gasteiger partial charge in [0.25, 0.3) is 0 Å². The fourth-order valence-electron chi connectivity index (χ4n) is 0.718. The van der Waals surface area contributed by atoms with E-state index in [4.69, 9.17) is 5.73 Å². The van der Waals surface area contributed by atoms with Crippen molar-refractivity contribution in [3.05, 3.63) is 0 Å². The Balaban J connectivity index is 3.21. The molecular weight excluding hydrogens is 390 g/mol. The summed E-state index contributed by atoms with van der Waals surface area (Å²) in [6.07, 6.45) is 0. The van der Waals surface area contributed by atoms with Crippen LogP contribution in [0.2, 0.25) is 0 Å². The molecule has 1 heterocycles. The van der Waals surface area contributed by atoms with Gasteiger partial charge in [0.1, 0.15) is 0 Å². The quantitative estimate of drug-likeness (QED) is 0.418. The van der Waals surface area contributed by atoms with Gasteiger partial charge in [0, 0.05) is 0 Å². The maximum absolute atomic E-state index is 12.1. The van der Waals surface area contributed by atoms with Crippen LogP contribution in [-0.2, 0) is 20.2 Å². The number of anilines is 1. The number of nitrogens with two attached hydrogens (primary N) is 1. The van der Waals surface area contributed by atoms with Gasteiger partial charge in [-0.05, 0) is 0 Å². The minimum Gasteiger partial charge on any atom is -0.368 e. The van der Waals surface area contributed by atoms with Gasteiger partial charge in [-0.3, -0.25) is 0 Å². The molecule has 1 aromatic rings. The number of rotatable bonds is 4. The van der Waals surface area contributed by atoms with Crippen LogP contribution >= 0.6 is 0 Å². The highest BCUT2D eigenvalue weighted by Crippen LogP contribution is 2.28. The highest BCUT2D eigenvalue weighted by Gasteiger charge is 2.50. The summed E-state index contributed by atoms with van der Waals surface area (Å²) in [5, 5.41) is 0. The Bertz CT molecular complexity index is 737. The third-order valence-corrected chi connectivity index (χ3v) is 3.42. The Kier molecular flexibility index (Phi) is 4.54. The van der Waals surface area contributed by atoms with E-state index in [2.05, 4.69) is 23.3 Å². The molecule has 0 aliphatic heterocycles. The van der Waals surface area contributed by atoms with Gasteiger partial charge >= 0.3 is 43.3 Å². The highest BCUT2D eigenvalue weighted by molar-refractivity contribution is 7.88. The standard InChI is InChI=1S/C5H2F6N4O6S2/c6-4(7,8)22(16,17)20-2-13-1(12)14-3(15-2)21-23(18,19)5(9,10)11/h(H2,12,13,14,15). The zero-order chi connectivity index (χ0) is 18.3. The summed E-state index contributed by atoms with van der Waals surface area (Å²) in [4.78, 5) is 7.97. The van der Waals surface area contributed by atoms with E-state index in [1.807, 2.05) is 0 Å². The molecule has 0 radical (unpaired) electrons. The van der Waals surface area contributed by atoms with E-state index in [0.717, 1.165) is 0 Å². The zero-order valence-electron chi connectivity index (χ0n) is 9.95. The number of hydrogen-bond acceptors (Lipinski definition) is 10. The molecule has 132 valence electrons.